The molecule has 0 bridgehead atoms. The Kier molecular flexibility index (Phi) is 6.83. The highest BCUT2D eigenvalue weighted by Crippen LogP contribution is 2.23. The number of carbonyl (C=O) groups is 1. The lowest BCUT2D eigenvalue weighted by molar-refractivity contribution is -0.139. The first kappa shape index (κ1) is 15.9. The number of halogens is 1. The van der Waals surface area contributed by atoms with Gasteiger partial charge in [0.05, 0.1) is 7.11 Å². The molecule has 0 saturated heterocycles. The van der Waals surface area contributed by atoms with Crippen molar-refractivity contribution in [1.82, 2.24) is 10.6 Å². The van der Waals surface area contributed by atoms with Gasteiger partial charge in [0.2, 0.25) is 0 Å². The van der Waals surface area contributed by atoms with E-state index in [9.17, 15) is 4.79 Å². The molecule has 106 valence electrons. The predicted octanol–water partition coefficient (Wildman–Crippen LogP) is 1.26. The molecule has 0 amide bonds. The van der Waals surface area contributed by atoms with E-state index >= 15 is 0 Å². The fourth-order valence-corrected chi connectivity index (χ4v) is 2.13. The van der Waals surface area contributed by atoms with Gasteiger partial charge in [-0.05, 0) is 43.8 Å². The van der Waals surface area contributed by atoms with Gasteiger partial charge in [0.25, 0.3) is 0 Å². The predicted molar refractivity (Wildman–Crippen MR) is 77.8 cm³/mol. The molecule has 1 atom stereocenters. The first-order chi connectivity index (χ1) is 9.08. The summed E-state index contributed by atoms with van der Waals surface area (Å²) < 4.78 is 6.28. The normalized spacial score (nSPS) is 12.2. The second kappa shape index (κ2) is 8.14. The van der Waals surface area contributed by atoms with Gasteiger partial charge in [-0.3, -0.25) is 4.79 Å². The van der Waals surface area contributed by atoms with Crippen molar-refractivity contribution in [2.24, 2.45) is 0 Å². The summed E-state index contributed by atoms with van der Waals surface area (Å²) >= 11 is 3.42. The molecule has 1 aromatic rings. The summed E-state index contributed by atoms with van der Waals surface area (Å²) in [6.07, 6.45) is 0.776. The lowest BCUT2D eigenvalue weighted by Crippen LogP contribution is -2.43. The average Bonchev–Trinajstić information content (AvgIpc) is 2.38. The maximum absolute atomic E-state index is 10.8. The maximum Gasteiger partial charge on any atom is 0.322 e. The zero-order chi connectivity index (χ0) is 14.3. The summed E-state index contributed by atoms with van der Waals surface area (Å²) in [6.45, 7) is 1.08. The smallest absolute Gasteiger partial charge is 0.322 e. The number of hydrogen-bond donors (Lipinski definition) is 3. The molecular weight excluding hydrogens is 312 g/mol. The van der Waals surface area contributed by atoms with Crippen LogP contribution in [0.2, 0.25) is 0 Å². The van der Waals surface area contributed by atoms with Crippen LogP contribution in [0, 0.1) is 0 Å². The molecule has 3 N–H and O–H groups in total. The topological polar surface area (TPSA) is 70.6 Å². The highest BCUT2D eigenvalue weighted by Gasteiger charge is 2.13. The van der Waals surface area contributed by atoms with E-state index in [1.807, 2.05) is 18.2 Å². The van der Waals surface area contributed by atoms with Crippen LogP contribution in [0.1, 0.15) is 5.56 Å². The Morgan fingerprint density at radius 3 is 2.84 bits per heavy atom. The molecule has 0 aromatic heterocycles. The van der Waals surface area contributed by atoms with E-state index in [-0.39, 0.29) is 0 Å². The molecule has 1 aromatic carbocycles. The highest BCUT2D eigenvalue weighted by atomic mass is 79.9. The molecule has 0 fully saturated rings. The van der Waals surface area contributed by atoms with Gasteiger partial charge in [0.15, 0.2) is 0 Å². The fraction of sp³-hybridized carbons (Fsp3) is 0.462. The van der Waals surface area contributed by atoms with E-state index in [1.165, 1.54) is 0 Å². The Labute approximate surface area is 121 Å². The summed E-state index contributed by atoms with van der Waals surface area (Å²) in [7, 11) is 3.28. The third-order valence-electron chi connectivity index (χ3n) is 2.81. The number of hydrogen-bond acceptors (Lipinski definition) is 4. The number of methoxy groups -OCH3 is 1. The molecule has 0 radical (unpaired) electrons. The van der Waals surface area contributed by atoms with Crippen LogP contribution in [-0.4, -0.2) is 44.4 Å². The standard InChI is InChI=1S/C13H19BrN2O3/c1-15-11(13(17)18)8-16-6-5-9-7-10(14)3-4-12(9)19-2/h3-4,7,11,15-16H,5-6,8H2,1-2H3,(H,17,18). The van der Waals surface area contributed by atoms with Crippen LogP contribution >= 0.6 is 15.9 Å². The van der Waals surface area contributed by atoms with Gasteiger partial charge in [-0.15, -0.1) is 0 Å². The second-order valence-corrected chi connectivity index (χ2v) is 5.01. The zero-order valence-electron chi connectivity index (χ0n) is 11.1. The Morgan fingerprint density at radius 1 is 1.53 bits per heavy atom. The fourth-order valence-electron chi connectivity index (χ4n) is 1.72. The van der Waals surface area contributed by atoms with E-state index in [1.54, 1.807) is 14.2 Å². The largest absolute Gasteiger partial charge is 0.496 e. The zero-order valence-corrected chi connectivity index (χ0v) is 12.7. The Hall–Kier alpha value is -1.11. The van der Waals surface area contributed by atoms with Crippen molar-refractivity contribution in [3.8, 4) is 5.75 Å². The molecule has 0 saturated carbocycles. The van der Waals surface area contributed by atoms with Crippen LogP contribution in [-0.2, 0) is 11.2 Å². The Balaban J connectivity index is 2.45. The van der Waals surface area contributed by atoms with E-state index < -0.39 is 12.0 Å². The van der Waals surface area contributed by atoms with Gasteiger partial charge in [-0.1, -0.05) is 15.9 Å². The van der Waals surface area contributed by atoms with E-state index in [0.717, 1.165) is 22.2 Å². The Morgan fingerprint density at radius 2 is 2.26 bits per heavy atom. The Bertz CT molecular complexity index is 426. The van der Waals surface area contributed by atoms with Crippen LogP contribution in [0.15, 0.2) is 22.7 Å². The summed E-state index contributed by atoms with van der Waals surface area (Å²) in [4.78, 5) is 10.8. The van der Waals surface area contributed by atoms with Crippen molar-refractivity contribution in [3.05, 3.63) is 28.2 Å². The van der Waals surface area contributed by atoms with Crippen LogP contribution < -0.4 is 15.4 Å². The van der Waals surface area contributed by atoms with Gasteiger partial charge in [-0.2, -0.15) is 0 Å². The number of nitrogens with one attached hydrogen (secondary N) is 2. The maximum atomic E-state index is 10.8. The van der Waals surface area contributed by atoms with Crippen molar-refractivity contribution >= 4 is 21.9 Å². The van der Waals surface area contributed by atoms with E-state index in [4.69, 9.17) is 9.84 Å². The quantitative estimate of drug-likeness (QED) is 0.626. The molecule has 1 rings (SSSR count). The number of ether oxygens (including phenoxy) is 1. The average molecular weight is 331 g/mol. The van der Waals surface area contributed by atoms with Crippen LogP contribution in [0.5, 0.6) is 5.75 Å². The molecule has 0 aliphatic rings. The minimum atomic E-state index is -0.852. The van der Waals surface area contributed by atoms with Gasteiger partial charge < -0.3 is 20.5 Å². The minimum absolute atomic E-state index is 0.391. The van der Waals surface area contributed by atoms with Crippen molar-refractivity contribution < 1.29 is 14.6 Å². The first-order valence-electron chi connectivity index (χ1n) is 6.01. The van der Waals surface area contributed by atoms with Gasteiger partial charge in [-0.25, -0.2) is 0 Å². The van der Waals surface area contributed by atoms with E-state index in [2.05, 4.69) is 26.6 Å². The molecule has 19 heavy (non-hydrogen) atoms. The first-order valence-corrected chi connectivity index (χ1v) is 6.81. The number of carboxylic acid groups (broad SMARTS) is 1. The number of aliphatic carboxylic acids is 1. The van der Waals surface area contributed by atoms with Crippen LogP contribution in [0.4, 0.5) is 0 Å². The van der Waals surface area contributed by atoms with Gasteiger partial charge in [0, 0.05) is 11.0 Å². The van der Waals surface area contributed by atoms with Crippen LogP contribution in [0.25, 0.3) is 0 Å². The van der Waals surface area contributed by atoms with Crippen molar-refractivity contribution in [2.45, 2.75) is 12.5 Å². The molecular formula is C13H19BrN2O3. The van der Waals surface area contributed by atoms with Crippen molar-refractivity contribution in [1.29, 1.82) is 0 Å². The molecule has 6 heteroatoms. The number of likely N-dealkylation sites (N-methyl/N-ethyl adjacent to an activating group) is 1. The molecule has 0 spiro atoms. The lowest BCUT2D eigenvalue weighted by Gasteiger charge is -2.13. The summed E-state index contributed by atoms with van der Waals surface area (Å²) in [5.74, 6) is -0.0107. The third kappa shape index (κ3) is 5.18. The summed E-state index contributed by atoms with van der Waals surface area (Å²) in [5, 5.41) is 14.7. The highest BCUT2D eigenvalue weighted by molar-refractivity contribution is 9.10. The molecule has 0 aliphatic carbocycles. The number of carboxylic acids is 1. The monoisotopic (exact) mass is 330 g/mol. The molecule has 0 aliphatic heterocycles. The van der Waals surface area contributed by atoms with E-state index in [0.29, 0.717) is 13.1 Å². The van der Waals surface area contributed by atoms with Gasteiger partial charge in [0.1, 0.15) is 11.8 Å². The molecule has 5 nitrogen and oxygen atoms in total. The summed E-state index contributed by atoms with van der Waals surface area (Å²) in [5.41, 5.74) is 1.08. The number of benzene rings is 1. The van der Waals surface area contributed by atoms with Crippen molar-refractivity contribution in [2.75, 3.05) is 27.2 Å². The van der Waals surface area contributed by atoms with Crippen LogP contribution in [0.3, 0.4) is 0 Å². The second-order valence-electron chi connectivity index (χ2n) is 4.09. The number of rotatable bonds is 8. The molecule has 0 heterocycles. The summed E-state index contributed by atoms with van der Waals surface area (Å²) in [6, 6.07) is 5.28. The minimum Gasteiger partial charge on any atom is -0.496 e. The lowest BCUT2D eigenvalue weighted by atomic mass is 10.1. The van der Waals surface area contributed by atoms with Crippen molar-refractivity contribution in [3.63, 3.8) is 0 Å². The molecule has 1 unspecified atom stereocenters. The third-order valence-corrected chi connectivity index (χ3v) is 3.30. The van der Waals surface area contributed by atoms with Gasteiger partial charge >= 0.3 is 5.97 Å². The SMILES string of the molecule is CNC(CNCCc1cc(Br)ccc1OC)C(=O)O.